The second-order valence-electron chi connectivity index (χ2n) is 8.26. The fourth-order valence-electron chi connectivity index (χ4n) is 5.08. The molecule has 0 saturated carbocycles. The highest BCUT2D eigenvalue weighted by molar-refractivity contribution is 5.96. The molecular weight excluding hydrogens is 366 g/mol. The van der Waals surface area contributed by atoms with Crippen molar-refractivity contribution in [1.82, 2.24) is 9.80 Å². The molecule has 3 heterocycles. The molecule has 29 heavy (non-hydrogen) atoms. The van der Waals surface area contributed by atoms with E-state index in [1.54, 1.807) is 0 Å². The van der Waals surface area contributed by atoms with Crippen LogP contribution in [0.1, 0.15) is 34.8 Å². The van der Waals surface area contributed by atoms with Crippen LogP contribution in [0.4, 0.5) is 5.69 Å². The summed E-state index contributed by atoms with van der Waals surface area (Å²) < 4.78 is 6.30. The molecule has 0 aliphatic carbocycles. The van der Waals surface area contributed by atoms with Gasteiger partial charge in [0.05, 0.1) is 25.1 Å². The van der Waals surface area contributed by atoms with Gasteiger partial charge in [0.15, 0.2) is 5.72 Å². The summed E-state index contributed by atoms with van der Waals surface area (Å²) in [7, 11) is 3.95. The number of rotatable bonds is 3. The van der Waals surface area contributed by atoms with Crippen LogP contribution in [0, 0.1) is 0 Å². The molecule has 6 nitrogen and oxygen atoms in total. The quantitative estimate of drug-likeness (QED) is 0.807. The molecule has 1 spiro atoms. The summed E-state index contributed by atoms with van der Waals surface area (Å²) in [5.41, 5.74) is 2.10. The number of amides is 2. The lowest BCUT2D eigenvalue weighted by atomic mass is 10.0. The third kappa shape index (κ3) is 2.66. The monoisotopic (exact) mass is 391 g/mol. The first-order chi connectivity index (χ1) is 14.0. The van der Waals surface area contributed by atoms with Crippen molar-refractivity contribution in [2.75, 3.05) is 32.1 Å². The van der Waals surface area contributed by atoms with Gasteiger partial charge >= 0.3 is 0 Å². The van der Waals surface area contributed by atoms with E-state index in [1.165, 1.54) is 0 Å². The topological polar surface area (TPSA) is 53.1 Å². The van der Waals surface area contributed by atoms with Crippen molar-refractivity contribution in [1.29, 1.82) is 0 Å². The normalized spacial score (nSPS) is 27.9. The number of likely N-dealkylation sites (tertiary alicyclic amines) is 1. The zero-order chi connectivity index (χ0) is 20.2. The Bertz CT molecular complexity index is 944. The van der Waals surface area contributed by atoms with E-state index in [-0.39, 0.29) is 23.9 Å². The second kappa shape index (κ2) is 6.59. The number of ether oxygens (including phenoxy) is 1. The first-order valence-corrected chi connectivity index (χ1v) is 10.1. The highest BCUT2D eigenvalue weighted by Gasteiger charge is 2.65. The van der Waals surface area contributed by atoms with Crippen LogP contribution in [0.2, 0.25) is 0 Å². The molecule has 0 aromatic heterocycles. The third-order valence-corrected chi connectivity index (χ3v) is 6.53. The molecule has 0 unspecified atom stereocenters. The molecule has 3 atom stereocenters. The number of anilines is 1. The van der Waals surface area contributed by atoms with Crippen molar-refractivity contribution in [2.24, 2.45) is 0 Å². The summed E-state index contributed by atoms with van der Waals surface area (Å²) >= 11 is 0. The average molecular weight is 391 g/mol. The Balaban J connectivity index is 1.42. The van der Waals surface area contributed by atoms with Crippen LogP contribution in [0.15, 0.2) is 54.6 Å². The lowest BCUT2D eigenvalue weighted by molar-refractivity contribution is -0.138. The van der Waals surface area contributed by atoms with E-state index in [0.717, 1.165) is 11.3 Å². The maximum absolute atomic E-state index is 13.2. The predicted molar refractivity (Wildman–Crippen MR) is 110 cm³/mol. The summed E-state index contributed by atoms with van der Waals surface area (Å²) in [4.78, 5) is 32.0. The van der Waals surface area contributed by atoms with E-state index in [1.807, 2.05) is 83.4 Å². The van der Waals surface area contributed by atoms with Gasteiger partial charge in [0, 0.05) is 38.3 Å². The number of nitrogens with zero attached hydrogens (tertiary/aromatic N) is 3. The molecule has 2 aromatic rings. The Morgan fingerprint density at radius 2 is 1.83 bits per heavy atom. The second-order valence-corrected chi connectivity index (χ2v) is 8.26. The van der Waals surface area contributed by atoms with Gasteiger partial charge in [-0.05, 0) is 29.8 Å². The molecule has 150 valence electrons. The molecular formula is C23H25N3O3. The summed E-state index contributed by atoms with van der Waals surface area (Å²) in [6.45, 7) is 1.08. The van der Waals surface area contributed by atoms with Crippen LogP contribution >= 0.6 is 0 Å². The van der Waals surface area contributed by atoms with Gasteiger partial charge in [-0.25, -0.2) is 0 Å². The van der Waals surface area contributed by atoms with E-state index < -0.39 is 5.72 Å². The van der Waals surface area contributed by atoms with E-state index in [4.69, 9.17) is 4.74 Å². The van der Waals surface area contributed by atoms with Crippen molar-refractivity contribution >= 4 is 17.5 Å². The summed E-state index contributed by atoms with van der Waals surface area (Å²) in [6.07, 6.45) is 0.985. The van der Waals surface area contributed by atoms with Crippen molar-refractivity contribution < 1.29 is 14.3 Å². The van der Waals surface area contributed by atoms with Gasteiger partial charge in [-0.1, -0.05) is 30.3 Å². The molecule has 2 amide bonds. The van der Waals surface area contributed by atoms with E-state index in [0.29, 0.717) is 31.6 Å². The predicted octanol–water partition coefficient (Wildman–Crippen LogP) is 2.67. The minimum absolute atomic E-state index is 0.0291. The van der Waals surface area contributed by atoms with Crippen molar-refractivity contribution in [3.63, 3.8) is 0 Å². The molecule has 3 aliphatic heterocycles. The molecule has 3 fully saturated rings. The molecule has 2 aromatic carbocycles. The van der Waals surface area contributed by atoms with Crippen LogP contribution in [0.3, 0.4) is 0 Å². The minimum atomic E-state index is -0.684. The van der Waals surface area contributed by atoms with Gasteiger partial charge < -0.3 is 19.4 Å². The summed E-state index contributed by atoms with van der Waals surface area (Å²) in [5, 5.41) is 0. The number of hydrogen-bond acceptors (Lipinski definition) is 4. The van der Waals surface area contributed by atoms with Gasteiger partial charge in [-0.3, -0.25) is 9.59 Å². The molecule has 5 rings (SSSR count). The van der Waals surface area contributed by atoms with E-state index in [2.05, 4.69) is 0 Å². The van der Waals surface area contributed by atoms with Gasteiger partial charge in [-0.2, -0.15) is 0 Å². The van der Waals surface area contributed by atoms with Gasteiger partial charge in [0.1, 0.15) is 0 Å². The standard InChI is InChI=1S/C23H25N3O3/c1-24(2)18-10-8-17(9-11-18)22(28)25-13-12-23-20(25)14-21(27)26(23)19(15-29-23)16-6-4-3-5-7-16/h3-11,19-20H,12-15H2,1-2H3/t19-,20+,23-/m0/s1. The zero-order valence-corrected chi connectivity index (χ0v) is 16.7. The van der Waals surface area contributed by atoms with Crippen molar-refractivity contribution in [2.45, 2.75) is 30.7 Å². The van der Waals surface area contributed by atoms with Crippen LogP contribution in [0.25, 0.3) is 0 Å². The molecule has 3 saturated heterocycles. The largest absolute Gasteiger partial charge is 0.378 e. The third-order valence-electron chi connectivity index (χ3n) is 6.53. The number of hydrogen-bond donors (Lipinski definition) is 0. The fraction of sp³-hybridized carbons (Fsp3) is 0.391. The fourth-order valence-corrected chi connectivity index (χ4v) is 5.08. The van der Waals surface area contributed by atoms with E-state index in [9.17, 15) is 9.59 Å². The Labute approximate surface area is 170 Å². The van der Waals surface area contributed by atoms with Gasteiger partial charge in [-0.15, -0.1) is 0 Å². The highest BCUT2D eigenvalue weighted by atomic mass is 16.5. The van der Waals surface area contributed by atoms with Crippen molar-refractivity contribution in [3.05, 3.63) is 65.7 Å². The molecule has 0 radical (unpaired) electrons. The minimum Gasteiger partial charge on any atom is -0.378 e. The Kier molecular flexibility index (Phi) is 4.13. The van der Waals surface area contributed by atoms with Crippen LogP contribution in [0.5, 0.6) is 0 Å². The first-order valence-electron chi connectivity index (χ1n) is 10.1. The summed E-state index contributed by atoms with van der Waals surface area (Å²) in [6, 6.07) is 17.3. The Morgan fingerprint density at radius 3 is 2.52 bits per heavy atom. The van der Waals surface area contributed by atoms with Gasteiger partial charge in [0.25, 0.3) is 5.91 Å². The molecule has 0 bridgehead atoms. The Morgan fingerprint density at radius 1 is 1.10 bits per heavy atom. The average Bonchev–Trinajstić information content (AvgIpc) is 3.37. The molecule has 3 aliphatic rings. The maximum atomic E-state index is 13.2. The Hall–Kier alpha value is -2.86. The number of benzene rings is 2. The lowest BCUT2D eigenvalue weighted by Gasteiger charge is -2.33. The maximum Gasteiger partial charge on any atom is 0.254 e. The van der Waals surface area contributed by atoms with Crippen LogP contribution in [-0.4, -0.2) is 60.6 Å². The SMILES string of the molecule is CN(C)c1ccc(C(=O)N2CC[C@@]34OC[C@@H](c5ccccc5)N3C(=O)C[C@@H]24)cc1. The van der Waals surface area contributed by atoms with Gasteiger partial charge in [0.2, 0.25) is 5.91 Å². The first kappa shape index (κ1) is 18.2. The number of carbonyl (C=O) groups excluding carboxylic acids is 2. The molecule has 6 heteroatoms. The highest BCUT2D eigenvalue weighted by Crippen LogP contribution is 2.51. The zero-order valence-electron chi connectivity index (χ0n) is 16.7. The van der Waals surface area contributed by atoms with E-state index >= 15 is 0 Å². The van der Waals surface area contributed by atoms with Crippen molar-refractivity contribution in [3.8, 4) is 0 Å². The van der Waals surface area contributed by atoms with Crippen LogP contribution < -0.4 is 4.90 Å². The van der Waals surface area contributed by atoms with Crippen LogP contribution in [-0.2, 0) is 9.53 Å². The number of carbonyl (C=O) groups is 2. The smallest absolute Gasteiger partial charge is 0.254 e. The molecule has 0 N–H and O–H groups in total. The summed E-state index contributed by atoms with van der Waals surface area (Å²) in [5.74, 6) is 0.0420. The lowest BCUT2D eigenvalue weighted by Crippen LogP contribution is -2.49.